The number of hydrogen-bond acceptors (Lipinski definition) is 5. The average molecular weight is 222 g/mol. The third-order valence-corrected chi connectivity index (χ3v) is 4.18. The van der Waals surface area contributed by atoms with Crippen molar-refractivity contribution in [1.29, 1.82) is 0 Å². The van der Waals surface area contributed by atoms with Crippen LogP contribution < -0.4 is 4.89 Å². The zero-order valence-corrected chi connectivity index (χ0v) is 9.50. The first-order chi connectivity index (χ1) is 6.39. The second-order valence-corrected chi connectivity index (χ2v) is 5.81. The Balaban J connectivity index is 2.49. The van der Waals surface area contributed by atoms with Gasteiger partial charge < -0.3 is 9.63 Å². The number of carbonyl (C=O) groups excluding carboxylic acids is 1. The zero-order chi connectivity index (χ0) is 10.8. The summed E-state index contributed by atoms with van der Waals surface area (Å²) in [5.41, 5.74) is -0.669. The van der Waals surface area contributed by atoms with Crippen LogP contribution in [0.25, 0.3) is 0 Å². The van der Waals surface area contributed by atoms with Gasteiger partial charge in [-0.3, -0.25) is 4.79 Å². The van der Waals surface area contributed by atoms with Gasteiger partial charge in [-0.25, -0.2) is 9.05 Å². The van der Waals surface area contributed by atoms with Gasteiger partial charge in [0.05, 0.1) is 7.11 Å². The van der Waals surface area contributed by atoms with Gasteiger partial charge in [0.25, 0.3) is 0 Å². The van der Waals surface area contributed by atoms with Crippen molar-refractivity contribution in [1.82, 2.24) is 0 Å². The number of hydrogen-bond donors (Lipinski definition) is 0. The molecule has 1 heterocycles. The van der Waals surface area contributed by atoms with Gasteiger partial charge in [0.2, 0.25) is 7.94 Å². The van der Waals surface area contributed by atoms with E-state index in [0.717, 1.165) is 0 Å². The first-order valence-corrected chi connectivity index (χ1v) is 6.11. The molecule has 1 unspecified atom stereocenters. The lowest BCUT2D eigenvalue weighted by atomic mass is 10.1. The Morgan fingerprint density at radius 3 is 2.79 bits per heavy atom. The third-order valence-electron chi connectivity index (χ3n) is 2.13. The lowest BCUT2D eigenvalue weighted by Crippen LogP contribution is -2.31. The van der Waals surface area contributed by atoms with Crippen molar-refractivity contribution in [3.05, 3.63) is 0 Å². The second kappa shape index (κ2) is 4.11. The van der Waals surface area contributed by atoms with E-state index in [1.165, 1.54) is 14.0 Å². The minimum atomic E-state index is -2.92. The Kier molecular flexibility index (Phi) is 3.48. The van der Waals surface area contributed by atoms with Crippen LogP contribution in [-0.4, -0.2) is 31.4 Å². The molecular formula is C8H15O5P. The summed E-state index contributed by atoms with van der Waals surface area (Å²) >= 11 is 0. The van der Waals surface area contributed by atoms with Gasteiger partial charge in [0.15, 0.2) is 0 Å². The fourth-order valence-electron chi connectivity index (χ4n) is 1.28. The second-order valence-electron chi connectivity index (χ2n) is 3.59. The van der Waals surface area contributed by atoms with Crippen molar-refractivity contribution in [2.45, 2.75) is 25.9 Å². The van der Waals surface area contributed by atoms with E-state index in [1.54, 1.807) is 6.92 Å². The highest BCUT2D eigenvalue weighted by Crippen LogP contribution is 2.61. The van der Waals surface area contributed by atoms with E-state index in [4.69, 9.17) is 13.8 Å². The van der Waals surface area contributed by atoms with Gasteiger partial charge in [-0.05, 0) is 6.92 Å². The summed E-state index contributed by atoms with van der Waals surface area (Å²) in [6, 6.07) is 0. The highest BCUT2D eigenvalue weighted by molar-refractivity contribution is 7.59. The van der Waals surface area contributed by atoms with Crippen LogP contribution in [0.1, 0.15) is 20.3 Å². The summed E-state index contributed by atoms with van der Waals surface area (Å²) in [7, 11) is -1.56. The minimum Gasteiger partial charge on any atom is -0.631 e. The quantitative estimate of drug-likeness (QED) is 0.513. The molecule has 0 aromatic rings. The van der Waals surface area contributed by atoms with E-state index >= 15 is 0 Å². The molecule has 0 aliphatic carbocycles. The van der Waals surface area contributed by atoms with Crippen molar-refractivity contribution in [3.63, 3.8) is 0 Å². The first-order valence-electron chi connectivity index (χ1n) is 4.38. The van der Waals surface area contributed by atoms with Crippen LogP contribution in [0.15, 0.2) is 0 Å². The topological polar surface area (TPSA) is 67.8 Å². The summed E-state index contributed by atoms with van der Waals surface area (Å²) in [5, 5.41) is 0. The molecule has 1 saturated heterocycles. The molecule has 1 aliphatic heterocycles. The fourth-order valence-corrected chi connectivity index (χ4v) is 3.19. The van der Waals surface area contributed by atoms with Crippen molar-refractivity contribution in [3.8, 4) is 0 Å². The van der Waals surface area contributed by atoms with E-state index in [0.29, 0.717) is 12.6 Å². The van der Waals surface area contributed by atoms with Crippen molar-refractivity contribution >= 4 is 13.9 Å². The van der Waals surface area contributed by atoms with Crippen LogP contribution in [-0.2, 0) is 18.6 Å². The van der Waals surface area contributed by atoms with Crippen LogP contribution in [0.3, 0.4) is 0 Å². The van der Waals surface area contributed by atoms with E-state index < -0.39 is 13.5 Å². The van der Waals surface area contributed by atoms with Gasteiger partial charge >= 0.3 is 5.97 Å². The van der Waals surface area contributed by atoms with Crippen LogP contribution in [0.2, 0.25) is 0 Å². The van der Waals surface area contributed by atoms with Crippen LogP contribution in [0, 0.1) is 0 Å². The summed E-state index contributed by atoms with van der Waals surface area (Å²) < 4.78 is 14.9. The molecule has 6 heteroatoms. The Bertz CT molecular complexity index is 234. The Morgan fingerprint density at radius 1 is 1.71 bits per heavy atom. The zero-order valence-electron chi connectivity index (χ0n) is 8.61. The molecule has 14 heavy (non-hydrogen) atoms. The molecule has 0 N–H and O–H groups in total. The number of ether oxygens (including phenoxy) is 1. The van der Waals surface area contributed by atoms with Gasteiger partial charge in [-0.2, -0.15) is 0 Å². The van der Waals surface area contributed by atoms with E-state index in [1.807, 2.05) is 0 Å². The molecular weight excluding hydrogens is 207 g/mol. The maximum Gasteiger partial charge on any atom is 0.302 e. The predicted molar refractivity (Wildman–Crippen MR) is 49.5 cm³/mol. The van der Waals surface area contributed by atoms with E-state index in [-0.39, 0.29) is 12.6 Å². The van der Waals surface area contributed by atoms with E-state index in [2.05, 4.69) is 0 Å². The van der Waals surface area contributed by atoms with Crippen molar-refractivity contribution in [2.24, 2.45) is 0 Å². The van der Waals surface area contributed by atoms with Gasteiger partial charge in [0, 0.05) is 13.3 Å². The smallest absolute Gasteiger partial charge is 0.302 e. The van der Waals surface area contributed by atoms with Crippen LogP contribution >= 0.6 is 7.94 Å². The standard InChI is InChI=1S/C8H15O5P/c1-7(9)12-6-8(2)4-5-14(10,11-3)13-8/h4-6H2,1-3H3/t8-,14?/m0/s1. The molecule has 2 atom stereocenters. The molecule has 0 bridgehead atoms. The normalized spacial score (nSPS) is 37.1. The van der Waals surface area contributed by atoms with Crippen molar-refractivity contribution in [2.75, 3.05) is 19.9 Å². The minimum absolute atomic E-state index is 0.121. The number of rotatable bonds is 3. The molecule has 0 amide bonds. The maximum absolute atomic E-state index is 11.7. The van der Waals surface area contributed by atoms with Crippen LogP contribution in [0.4, 0.5) is 0 Å². The van der Waals surface area contributed by atoms with Gasteiger partial charge in [0.1, 0.15) is 18.4 Å². The molecule has 0 saturated carbocycles. The Labute approximate surface area is 83.9 Å². The van der Waals surface area contributed by atoms with Crippen LogP contribution in [0.5, 0.6) is 0 Å². The monoisotopic (exact) mass is 222 g/mol. The molecule has 0 aromatic heterocycles. The maximum atomic E-state index is 11.7. The Morgan fingerprint density at radius 2 is 2.36 bits per heavy atom. The van der Waals surface area contributed by atoms with Crippen molar-refractivity contribution < 1.29 is 23.5 Å². The number of esters is 1. The fraction of sp³-hybridized carbons (Fsp3) is 0.875. The van der Waals surface area contributed by atoms with E-state index in [9.17, 15) is 9.69 Å². The SMILES string of the molecule is CO[P+]1([O-])CC[C@@](C)(COC(C)=O)O1. The highest BCUT2D eigenvalue weighted by atomic mass is 31.2. The number of carbonyl (C=O) groups is 1. The third kappa shape index (κ3) is 2.89. The molecule has 1 fully saturated rings. The molecule has 0 radical (unpaired) electrons. The highest BCUT2D eigenvalue weighted by Gasteiger charge is 2.49. The molecule has 0 aromatic carbocycles. The van der Waals surface area contributed by atoms with Gasteiger partial charge in [-0.1, -0.05) is 0 Å². The Hall–Kier alpha value is -0.220. The summed E-state index contributed by atoms with van der Waals surface area (Å²) in [6.07, 6.45) is 0.951. The summed E-state index contributed by atoms with van der Waals surface area (Å²) in [6.45, 7) is 3.21. The largest absolute Gasteiger partial charge is 0.631 e. The molecule has 5 nitrogen and oxygen atoms in total. The first kappa shape index (κ1) is 11.9. The summed E-state index contributed by atoms with van der Waals surface area (Å²) in [5.74, 6) is -0.367. The summed E-state index contributed by atoms with van der Waals surface area (Å²) in [4.78, 5) is 22.3. The lowest BCUT2D eigenvalue weighted by Gasteiger charge is -2.25. The molecule has 82 valence electrons. The molecule has 1 aliphatic rings. The average Bonchev–Trinajstić information content (AvgIpc) is 2.42. The molecule has 1 rings (SSSR count). The lowest BCUT2D eigenvalue weighted by molar-refractivity contribution is -0.221. The van der Waals surface area contributed by atoms with Gasteiger partial charge in [-0.15, -0.1) is 0 Å². The molecule has 0 spiro atoms. The predicted octanol–water partition coefficient (Wildman–Crippen LogP) is 0.498.